The Balaban J connectivity index is -0.000000125. The fourth-order valence-corrected chi connectivity index (χ4v) is 0. The molecule has 0 aliphatic rings. The Hall–Kier alpha value is 0.500. The highest BCUT2D eigenvalue weighted by molar-refractivity contribution is 5.85. The zero-order valence-electron chi connectivity index (χ0n) is 5.13. The molecule has 8 heavy (non-hydrogen) atoms. The van der Waals surface area contributed by atoms with Gasteiger partial charge in [0.1, 0.15) is 0 Å². The normalized spacial score (nSPS) is 15.0. The van der Waals surface area contributed by atoms with Gasteiger partial charge in [0.15, 0.2) is 0 Å². The third-order valence-electron chi connectivity index (χ3n) is 0.829. The van der Waals surface area contributed by atoms with E-state index in [0.717, 1.165) is 0 Å². The summed E-state index contributed by atoms with van der Waals surface area (Å²) in [7, 11) is 0. The lowest BCUT2D eigenvalue weighted by atomic mass is 10.2. The third-order valence-corrected chi connectivity index (χ3v) is 0.829. The zero-order valence-corrected chi connectivity index (χ0v) is 6.76. The molecule has 2 nitrogen and oxygen atoms in total. The van der Waals surface area contributed by atoms with Crippen molar-refractivity contribution in [3.05, 3.63) is 0 Å². The molecule has 0 unspecified atom stereocenters. The highest BCUT2D eigenvalue weighted by Crippen LogP contribution is 1.77. The van der Waals surface area contributed by atoms with Crippen LogP contribution in [0.25, 0.3) is 0 Å². The van der Waals surface area contributed by atoms with E-state index in [4.69, 9.17) is 11.5 Å². The van der Waals surface area contributed by atoms with Gasteiger partial charge >= 0.3 is 0 Å². The van der Waals surface area contributed by atoms with Crippen molar-refractivity contribution in [2.45, 2.75) is 25.9 Å². The second-order valence-electron chi connectivity index (χ2n) is 1.72. The third kappa shape index (κ3) is 9.71. The van der Waals surface area contributed by atoms with E-state index in [-0.39, 0.29) is 36.9 Å². The first kappa shape index (κ1) is 15.8. The number of nitrogens with two attached hydrogens (primary N) is 2. The van der Waals surface area contributed by atoms with E-state index >= 15 is 0 Å². The molecular weight excluding hydrogens is 147 g/mol. The first-order valence-electron chi connectivity index (χ1n) is 2.15. The molecule has 4 N–H and O–H groups in total. The fourth-order valence-electron chi connectivity index (χ4n) is 0. The largest absolute Gasteiger partial charge is 0.327 e. The summed E-state index contributed by atoms with van der Waals surface area (Å²) in [6.07, 6.45) is 0. The molecule has 0 aliphatic carbocycles. The molecule has 0 aromatic heterocycles. The smallest absolute Gasteiger partial charge is 0.0160 e. The lowest BCUT2D eigenvalue weighted by Gasteiger charge is -2.06. The number of rotatable bonds is 1. The second kappa shape index (κ2) is 7.50. The van der Waals surface area contributed by atoms with Gasteiger partial charge in [0.05, 0.1) is 0 Å². The van der Waals surface area contributed by atoms with Gasteiger partial charge in [0, 0.05) is 12.1 Å². The van der Waals surface area contributed by atoms with Gasteiger partial charge < -0.3 is 11.5 Å². The molecule has 0 rings (SSSR count). The van der Waals surface area contributed by atoms with Gasteiger partial charge in [-0.3, -0.25) is 0 Å². The van der Waals surface area contributed by atoms with Crippen molar-refractivity contribution in [3.63, 3.8) is 0 Å². The summed E-state index contributed by atoms with van der Waals surface area (Å²) in [4.78, 5) is 0. The maximum atomic E-state index is 5.31. The summed E-state index contributed by atoms with van der Waals surface area (Å²) in [6.45, 7) is 3.79. The first-order chi connectivity index (χ1) is 2.64. The molecule has 2 atom stereocenters. The van der Waals surface area contributed by atoms with Gasteiger partial charge in [-0.1, -0.05) is 0 Å². The summed E-state index contributed by atoms with van der Waals surface area (Å²) in [5.41, 5.74) is 10.6. The average Bonchev–Trinajstić information content (AvgIpc) is 1.36. The monoisotopic (exact) mass is 160 g/mol. The predicted molar refractivity (Wildman–Crippen MR) is 41.8 cm³/mol. The lowest BCUT2D eigenvalue weighted by molar-refractivity contribution is 0.603. The molecular formula is C4H14Cl2N2. The van der Waals surface area contributed by atoms with Crippen LogP contribution >= 0.6 is 24.8 Å². The minimum absolute atomic E-state index is 0. The van der Waals surface area contributed by atoms with E-state index in [1.807, 2.05) is 13.8 Å². The Morgan fingerprint density at radius 1 is 0.875 bits per heavy atom. The van der Waals surface area contributed by atoms with Crippen LogP contribution in [-0.2, 0) is 0 Å². The summed E-state index contributed by atoms with van der Waals surface area (Å²) in [5.74, 6) is 0. The van der Waals surface area contributed by atoms with Crippen LogP contribution in [-0.4, -0.2) is 12.1 Å². The molecule has 0 bridgehead atoms. The number of hydrogen-bond donors (Lipinski definition) is 2. The van der Waals surface area contributed by atoms with Gasteiger partial charge in [-0.2, -0.15) is 0 Å². The first-order valence-corrected chi connectivity index (χ1v) is 2.15. The minimum Gasteiger partial charge on any atom is -0.327 e. The molecule has 4 heteroatoms. The predicted octanol–water partition coefficient (Wildman–Crippen LogP) is 0.524. The average molecular weight is 161 g/mol. The Kier molecular flexibility index (Phi) is 14.8. The molecule has 0 radical (unpaired) electrons. The quantitative estimate of drug-likeness (QED) is 0.589. The summed E-state index contributed by atoms with van der Waals surface area (Å²) >= 11 is 0. The van der Waals surface area contributed by atoms with Crippen LogP contribution in [0.1, 0.15) is 13.8 Å². The van der Waals surface area contributed by atoms with E-state index in [9.17, 15) is 0 Å². The highest BCUT2D eigenvalue weighted by Gasteiger charge is 1.96. The van der Waals surface area contributed by atoms with E-state index in [1.165, 1.54) is 0 Å². The van der Waals surface area contributed by atoms with Gasteiger partial charge in [0.2, 0.25) is 0 Å². The molecule has 0 heterocycles. The van der Waals surface area contributed by atoms with Crippen molar-refractivity contribution in [2.24, 2.45) is 11.5 Å². The van der Waals surface area contributed by atoms with Crippen molar-refractivity contribution >= 4 is 24.8 Å². The molecule has 0 aromatic carbocycles. The second-order valence-corrected chi connectivity index (χ2v) is 1.72. The van der Waals surface area contributed by atoms with Crippen molar-refractivity contribution < 1.29 is 0 Å². The van der Waals surface area contributed by atoms with Crippen LogP contribution in [0, 0.1) is 0 Å². The van der Waals surface area contributed by atoms with Crippen LogP contribution < -0.4 is 11.5 Å². The molecule has 0 fully saturated rings. The number of halogens is 2. The highest BCUT2D eigenvalue weighted by atomic mass is 35.5. The van der Waals surface area contributed by atoms with Crippen LogP contribution in [0.2, 0.25) is 0 Å². The van der Waals surface area contributed by atoms with Crippen molar-refractivity contribution in [1.29, 1.82) is 0 Å². The van der Waals surface area contributed by atoms with Crippen LogP contribution in [0.15, 0.2) is 0 Å². The lowest BCUT2D eigenvalue weighted by Crippen LogP contribution is -2.35. The maximum absolute atomic E-state index is 5.31. The zero-order chi connectivity index (χ0) is 5.15. The van der Waals surface area contributed by atoms with Gasteiger partial charge in [-0.05, 0) is 13.8 Å². The van der Waals surface area contributed by atoms with E-state index < -0.39 is 0 Å². The molecule has 0 saturated carbocycles. The molecule has 0 spiro atoms. The van der Waals surface area contributed by atoms with E-state index in [1.54, 1.807) is 0 Å². The van der Waals surface area contributed by atoms with Crippen molar-refractivity contribution in [3.8, 4) is 0 Å². The standard InChI is InChI=1S/C4H12N2.2ClH/c1-3(5)4(2)6;;/h3-4H,5-6H2,1-2H3;2*1H/t3-,4-;;/m0../s1. The summed E-state index contributed by atoms with van der Waals surface area (Å²) in [6, 6.07) is 0.259. The Morgan fingerprint density at radius 3 is 1.00 bits per heavy atom. The van der Waals surface area contributed by atoms with Gasteiger partial charge in [-0.25, -0.2) is 0 Å². The van der Waals surface area contributed by atoms with Crippen LogP contribution in [0.4, 0.5) is 0 Å². The van der Waals surface area contributed by atoms with Crippen LogP contribution in [0.3, 0.4) is 0 Å². The van der Waals surface area contributed by atoms with Gasteiger partial charge in [-0.15, -0.1) is 24.8 Å². The minimum atomic E-state index is 0. The molecule has 0 saturated heterocycles. The number of hydrogen-bond acceptors (Lipinski definition) is 2. The van der Waals surface area contributed by atoms with E-state index in [2.05, 4.69) is 0 Å². The van der Waals surface area contributed by atoms with E-state index in [0.29, 0.717) is 0 Å². The van der Waals surface area contributed by atoms with Crippen molar-refractivity contribution in [2.75, 3.05) is 0 Å². The Morgan fingerprint density at radius 2 is 1.00 bits per heavy atom. The summed E-state index contributed by atoms with van der Waals surface area (Å²) < 4.78 is 0. The Bertz CT molecular complexity index is 33.0. The van der Waals surface area contributed by atoms with Gasteiger partial charge in [0.25, 0.3) is 0 Å². The molecule has 0 amide bonds. The maximum Gasteiger partial charge on any atom is 0.0160 e. The SMILES string of the molecule is C[C@H](N)[C@H](C)N.Cl.Cl. The summed E-state index contributed by atoms with van der Waals surface area (Å²) in [5, 5.41) is 0. The molecule has 0 aromatic rings. The fraction of sp³-hybridized carbons (Fsp3) is 1.00. The van der Waals surface area contributed by atoms with Crippen molar-refractivity contribution in [1.82, 2.24) is 0 Å². The van der Waals surface area contributed by atoms with Crippen LogP contribution in [0.5, 0.6) is 0 Å². The molecule has 0 aliphatic heterocycles. The Labute approximate surface area is 62.8 Å². The topological polar surface area (TPSA) is 52.0 Å². The molecule has 54 valence electrons.